The van der Waals surface area contributed by atoms with Crippen LogP contribution in [0.4, 0.5) is 0 Å². The molecule has 0 radical (unpaired) electrons. The van der Waals surface area contributed by atoms with Crippen LogP contribution in [0, 0.1) is 0 Å². The van der Waals surface area contributed by atoms with Crippen LogP contribution in [0.15, 0.2) is 146 Å². The minimum Gasteiger partial charge on any atom is -0.462 e. The molecule has 1 N–H and O–H groups in total. The molecule has 0 aromatic heterocycles. The second-order valence-corrected chi connectivity index (χ2v) is 26.7. The second-order valence-electron chi connectivity index (χ2n) is 26.7. The highest BCUT2D eigenvalue weighted by molar-refractivity contribution is 5.70. The van der Waals surface area contributed by atoms with Crippen molar-refractivity contribution in [1.29, 1.82) is 0 Å². The van der Waals surface area contributed by atoms with Gasteiger partial charge in [-0.2, -0.15) is 0 Å². The largest absolute Gasteiger partial charge is 0.462 e. The maximum atomic E-state index is 12.4. The number of carbonyl (C=O) groups is 2. The van der Waals surface area contributed by atoms with Crippen molar-refractivity contribution in [2.45, 2.75) is 392 Å². The van der Waals surface area contributed by atoms with E-state index >= 15 is 0 Å². The van der Waals surface area contributed by atoms with Crippen LogP contribution in [-0.2, 0) is 19.1 Å². The SMILES string of the molecule is CC/C=C\C/C=C\C/C=C\C/C=C\C/C=C\C/C=C\C/C=C\CCCCCCCCCCCCCCCCCCCCCC(=O)OC(CO)COC(=O)CCCCCCCCCCCCCCCCCCCCCCCCC/C=C\C/C=C\C/C=C\C/C=C\C/C=C\CC. The minimum atomic E-state index is -0.777. The number of aliphatic hydroxyl groups excluding tert-OH is 1. The van der Waals surface area contributed by atoms with E-state index < -0.39 is 6.10 Å². The first kappa shape index (κ1) is 89.8. The number of carbonyl (C=O) groups excluding carboxylic acids is 2. The molecule has 0 aliphatic rings. The molecule has 0 fully saturated rings. The summed E-state index contributed by atoms with van der Waals surface area (Å²) in [5.74, 6) is -0.574. The number of hydrogen-bond acceptors (Lipinski definition) is 5. The van der Waals surface area contributed by atoms with Crippen molar-refractivity contribution in [2.24, 2.45) is 0 Å². The normalized spacial score (nSPS) is 13.0. The maximum Gasteiger partial charge on any atom is 0.306 e. The standard InChI is InChI=1S/C89H152O5/c1-3-5-7-9-11-13-15-17-19-21-23-25-27-29-31-33-35-37-39-41-43-44-46-48-50-52-54-56-58-60-62-64-66-68-70-72-74-76-78-80-82-84-89(92)94-87(85-90)86-93-88(91)83-81-79-77-75-73-71-69-67-65-63-61-59-57-55-53-51-49-47-45-42-40-38-36-34-32-30-28-26-24-22-20-18-16-14-12-10-8-6-4-2/h5-8,11-14,17-20,23-26,29-32,35,37,41,43,87,90H,3-4,9-10,15-16,21-22,27-28,33-34,36,38-40,42,44-86H2,1-2H3/b7-5-,8-6-,13-11-,14-12-,19-17-,20-18-,25-23-,26-24-,31-29-,32-30-,37-35-,43-41-. The van der Waals surface area contributed by atoms with Gasteiger partial charge in [-0.25, -0.2) is 0 Å². The lowest BCUT2D eigenvalue weighted by Gasteiger charge is -2.15. The number of hydrogen-bond donors (Lipinski definition) is 1. The molecule has 5 nitrogen and oxygen atoms in total. The predicted molar refractivity (Wildman–Crippen MR) is 417 cm³/mol. The molecule has 5 heteroatoms. The second kappa shape index (κ2) is 83.0. The van der Waals surface area contributed by atoms with Crippen molar-refractivity contribution < 1.29 is 24.2 Å². The highest BCUT2D eigenvalue weighted by Crippen LogP contribution is 2.19. The number of rotatable bonds is 74. The molecule has 0 spiro atoms. The van der Waals surface area contributed by atoms with E-state index in [4.69, 9.17) is 9.47 Å². The molecule has 0 aromatic carbocycles. The van der Waals surface area contributed by atoms with Gasteiger partial charge in [0, 0.05) is 12.8 Å². The Balaban J connectivity index is 3.43. The fourth-order valence-corrected chi connectivity index (χ4v) is 11.7. The number of ether oxygens (including phenoxy) is 2. The van der Waals surface area contributed by atoms with Gasteiger partial charge in [0.2, 0.25) is 0 Å². The molecule has 0 aromatic rings. The minimum absolute atomic E-state index is 0.0652. The fourth-order valence-electron chi connectivity index (χ4n) is 11.7. The van der Waals surface area contributed by atoms with Gasteiger partial charge in [0.1, 0.15) is 6.61 Å². The van der Waals surface area contributed by atoms with E-state index in [9.17, 15) is 14.7 Å². The topological polar surface area (TPSA) is 72.8 Å². The molecular formula is C89H152O5. The summed E-state index contributed by atoms with van der Waals surface area (Å²) in [5.41, 5.74) is 0. The average molecular weight is 1300 g/mol. The van der Waals surface area contributed by atoms with Gasteiger partial charge in [0.25, 0.3) is 0 Å². The summed E-state index contributed by atoms with van der Waals surface area (Å²) in [6, 6.07) is 0. The zero-order valence-electron chi connectivity index (χ0n) is 61.9. The molecule has 0 bridgehead atoms. The Kier molecular flexibility index (Phi) is 79.3. The van der Waals surface area contributed by atoms with Gasteiger partial charge in [0.15, 0.2) is 6.10 Å². The van der Waals surface area contributed by atoms with E-state index in [2.05, 4.69) is 160 Å². The van der Waals surface area contributed by atoms with Crippen LogP contribution in [0.2, 0.25) is 0 Å². The molecule has 0 saturated carbocycles. The van der Waals surface area contributed by atoms with Gasteiger partial charge < -0.3 is 14.6 Å². The molecule has 1 atom stereocenters. The first-order valence-electron chi connectivity index (χ1n) is 40.4. The highest BCUT2D eigenvalue weighted by Gasteiger charge is 2.16. The third-order valence-corrected chi connectivity index (χ3v) is 17.6. The monoisotopic (exact) mass is 1300 g/mol. The summed E-state index contributed by atoms with van der Waals surface area (Å²) in [6.45, 7) is 3.95. The van der Waals surface area contributed by atoms with E-state index in [1.165, 1.54) is 244 Å². The van der Waals surface area contributed by atoms with Crippen molar-refractivity contribution in [3.05, 3.63) is 146 Å². The number of esters is 2. The van der Waals surface area contributed by atoms with E-state index in [1.807, 2.05) is 0 Å². The van der Waals surface area contributed by atoms with Crippen molar-refractivity contribution in [3.8, 4) is 0 Å². The quantitative estimate of drug-likeness (QED) is 0.0373. The van der Waals surface area contributed by atoms with Crippen LogP contribution in [0.25, 0.3) is 0 Å². The van der Waals surface area contributed by atoms with Gasteiger partial charge in [-0.05, 0) is 116 Å². The van der Waals surface area contributed by atoms with Gasteiger partial charge in [-0.15, -0.1) is 0 Å². The molecule has 0 heterocycles. The van der Waals surface area contributed by atoms with Crippen LogP contribution in [0.1, 0.15) is 386 Å². The predicted octanol–water partition coefficient (Wildman–Crippen LogP) is 28.8. The van der Waals surface area contributed by atoms with Crippen molar-refractivity contribution in [3.63, 3.8) is 0 Å². The van der Waals surface area contributed by atoms with E-state index in [0.717, 1.165) is 116 Å². The molecule has 0 rings (SSSR count). The first-order chi connectivity index (χ1) is 46.6. The summed E-state index contributed by atoms with van der Waals surface area (Å²) >= 11 is 0. The molecule has 0 amide bonds. The summed E-state index contributed by atoms with van der Waals surface area (Å²) in [5, 5.41) is 9.74. The highest BCUT2D eigenvalue weighted by atomic mass is 16.6. The van der Waals surface area contributed by atoms with Crippen LogP contribution < -0.4 is 0 Å². The van der Waals surface area contributed by atoms with Crippen molar-refractivity contribution in [2.75, 3.05) is 13.2 Å². The lowest BCUT2D eigenvalue weighted by molar-refractivity contribution is -0.161. The lowest BCUT2D eigenvalue weighted by Crippen LogP contribution is -2.28. The molecule has 0 saturated heterocycles. The first-order valence-corrected chi connectivity index (χ1v) is 40.4. The maximum absolute atomic E-state index is 12.4. The molecule has 0 aliphatic heterocycles. The Morgan fingerprint density at radius 2 is 0.426 bits per heavy atom. The fraction of sp³-hybridized carbons (Fsp3) is 0.708. The van der Waals surface area contributed by atoms with Crippen LogP contribution in [0.5, 0.6) is 0 Å². The van der Waals surface area contributed by atoms with Gasteiger partial charge in [-0.1, -0.05) is 404 Å². The Hall–Kier alpha value is -4.22. The van der Waals surface area contributed by atoms with Gasteiger partial charge in [0.05, 0.1) is 6.61 Å². The Labute approximate surface area is 584 Å². The zero-order chi connectivity index (χ0) is 67.5. The molecule has 1 unspecified atom stereocenters. The lowest BCUT2D eigenvalue weighted by atomic mass is 10.0. The van der Waals surface area contributed by atoms with E-state index in [0.29, 0.717) is 12.8 Å². The number of allylic oxidation sites excluding steroid dienone is 24. The molecule has 538 valence electrons. The van der Waals surface area contributed by atoms with Gasteiger partial charge in [-0.3, -0.25) is 9.59 Å². The Morgan fingerprint density at radius 3 is 0.638 bits per heavy atom. The summed E-state index contributed by atoms with van der Waals surface area (Å²) in [7, 11) is 0. The van der Waals surface area contributed by atoms with E-state index in [-0.39, 0.29) is 25.2 Å². The Morgan fingerprint density at radius 1 is 0.245 bits per heavy atom. The number of unbranched alkanes of at least 4 members (excludes halogenated alkanes) is 42. The van der Waals surface area contributed by atoms with Crippen LogP contribution in [0.3, 0.4) is 0 Å². The molecule has 94 heavy (non-hydrogen) atoms. The third kappa shape index (κ3) is 80.2. The van der Waals surface area contributed by atoms with Crippen LogP contribution in [-0.4, -0.2) is 36.4 Å². The molecule has 0 aliphatic carbocycles. The van der Waals surface area contributed by atoms with Crippen molar-refractivity contribution >= 4 is 11.9 Å². The summed E-state index contributed by atoms with van der Waals surface area (Å²) in [4.78, 5) is 24.7. The average Bonchev–Trinajstić information content (AvgIpc) is 3.77. The molecular weight excluding hydrogens is 1150 g/mol. The summed E-state index contributed by atoms with van der Waals surface area (Å²) < 4.78 is 10.8. The Bertz CT molecular complexity index is 1920. The van der Waals surface area contributed by atoms with E-state index in [1.54, 1.807) is 0 Å². The van der Waals surface area contributed by atoms with Crippen molar-refractivity contribution in [1.82, 2.24) is 0 Å². The van der Waals surface area contributed by atoms with Crippen LogP contribution >= 0.6 is 0 Å². The number of aliphatic hydroxyl groups is 1. The van der Waals surface area contributed by atoms with Gasteiger partial charge >= 0.3 is 11.9 Å². The zero-order valence-corrected chi connectivity index (χ0v) is 61.9. The smallest absolute Gasteiger partial charge is 0.306 e. The summed E-state index contributed by atoms with van der Waals surface area (Å²) in [6.07, 6.45) is 125. The third-order valence-electron chi connectivity index (χ3n) is 17.6.